The van der Waals surface area contributed by atoms with Gasteiger partial charge in [0.2, 0.25) is 0 Å². The molecule has 45 heavy (non-hydrogen) atoms. The van der Waals surface area contributed by atoms with E-state index >= 15 is 0 Å². The number of carbonyl (C=O) groups is 1. The molecule has 0 aliphatic carbocycles. The third-order valence-corrected chi connectivity index (χ3v) is 10.3. The number of thiophene rings is 1. The number of benzene rings is 3. The summed E-state index contributed by atoms with van der Waals surface area (Å²) in [5.41, 5.74) is 4.36. The highest BCUT2D eigenvalue weighted by atomic mass is 35.5. The largest absolute Gasteiger partial charge is 0.463 e. The van der Waals surface area contributed by atoms with Crippen LogP contribution in [0, 0.1) is 0 Å². The second-order valence-electron chi connectivity index (χ2n) is 10.4. The first-order valence-electron chi connectivity index (χ1n) is 14.3. The molecule has 1 aliphatic heterocycles. The summed E-state index contributed by atoms with van der Waals surface area (Å²) in [5, 5.41) is 3.97. The van der Waals surface area contributed by atoms with Gasteiger partial charge in [-0.25, -0.2) is 9.79 Å². The number of ether oxygens (including phenoxy) is 1. The van der Waals surface area contributed by atoms with E-state index in [0.29, 0.717) is 37.2 Å². The van der Waals surface area contributed by atoms with Gasteiger partial charge >= 0.3 is 5.97 Å². The molecule has 6 nitrogen and oxygen atoms in total. The van der Waals surface area contributed by atoms with E-state index in [1.54, 1.807) is 17.6 Å². The van der Waals surface area contributed by atoms with Crippen molar-refractivity contribution in [3.8, 4) is 0 Å². The standard InChI is InChI=1S/C35H25Cl2N3O3S2/c1-2-43-34(42)30-31(22-9-4-3-5-10-22)38-35-40(32(30)28-13-8-16-44-28)33(41)29(45-35)18-23-20-39(27-12-7-6-11-24(23)27)19-21-14-15-25(36)26(37)17-21/h3-18,20,32H,2,19H2,1H3/b29-18+/t32-/m0/s1. The van der Waals surface area contributed by atoms with E-state index in [1.807, 2.05) is 90.4 Å². The molecule has 0 N–H and O–H groups in total. The quantitative estimate of drug-likeness (QED) is 0.168. The predicted molar refractivity (Wildman–Crippen MR) is 183 cm³/mol. The lowest BCUT2D eigenvalue weighted by atomic mass is 9.97. The van der Waals surface area contributed by atoms with Gasteiger partial charge in [0.25, 0.3) is 5.56 Å². The van der Waals surface area contributed by atoms with Crippen LogP contribution < -0.4 is 14.9 Å². The Morgan fingerprint density at radius 1 is 1.00 bits per heavy atom. The number of nitrogens with zero attached hydrogens (tertiary/aromatic N) is 3. The molecule has 0 saturated heterocycles. The SMILES string of the molecule is CCOC(=O)C1=C(c2ccccc2)N=c2s/c(=C/c3cn(Cc4ccc(Cl)c(Cl)c4)c4ccccc34)c(=O)n2[C@H]1c1cccs1. The zero-order valence-electron chi connectivity index (χ0n) is 23.9. The van der Waals surface area contributed by atoms with Crippen molar-refractivity contribution in [3.63, 3.8) is 0 Å². The van der Waals surface area contributed by atoms with E-state index in [2.05, 4.69) is 10.6 Å². The van der Waals surface area contributed by atoms with E-state index in [-0.39, 0.29) is 12.2 Å². The summed E-state index contributed by atoms with van der Waals surface area (Å²) in [5.74, 6) is -0.488. The molecule has 1 atom stereocenters. The second-order valence-corrected chi connectivity index (χ2v) is 13.2. The molecule has 0 saturated carbocycles. The molecule has 0 radical (unpaired) electrons. The number of fused-ring (bicyclic) bond motifs is 2. The van der Waals surface area contributed by atoms with Crippen LogP contribution in [0.25, 0.3) is 22.7 Å². The molecule has 224 valence electrons. The third kappa shape index (κ3) is 5.48. The summed E-state index contributed by atoms with van der Waals surface area (Å²) in [7, 11) is 0. The number of carbonyl (C=O) groups excluding carboxylic acids is 1. The molecule has 0 fully saturated rings. The average Bonchev–Trinajstić information content (AvgIpc) is 3.78. The summed E-state index contributed by atoms with van der Waals surface area (Å²) in [6.07, 6.45) is 3.96. The Morgan fingerprint density at radius 3 is 2.56 bits per heavy atom. The summed E-state index contributed by atoms with van der Waals surface area (Å²) in [4.78, 5) is 34.2. The summed E-state index contributed by atoms with van der Waals surface area (Å²) >= 11 is 15.3. The fraction of sp³-hybridized carbons (Fsp3) is 0.114. The molecule has 6 aromatic rings. The van der Waals surface area contributed by atoms with Crippen molar-refractivity contribution >= 4 is 74.5 Å². The van der Waals surface area contributed by atoms with Gasteiger partial charge in [-0.15, -0.1) is 11.3 Å². The maximum atomic E-state index is 14.3. The molecule has 1 aliphatic rings. The number of para-hydroxylation sites is 1. The average molecular weight is 671 g/mol. The van der Waals surface area contributed by atoms with E-state index < -0.39 is 12.0 Å². The predicted octanol–water partition coefficient (Wildman–Crippen LogP) is 7.31. The van der Waals surface area contributed by atoms with Gasteiger partial charge in [0.15, 0.2) is 4.80 Å². The van der Waals surface area contributed by atoms with Crippen molar-refractivity contribution < 1.29 is 9.53 Å². The van der Waals surface area contributed by atoms with Crippen LogP contribution in [0.4, 0.5) is 0 Å². The van der Waals surface area contributed by atoms with E-state index in [0.717, 1.165) is 32.5 Å². The number of aromatic nitrogens is 2. The molecule has 0 unspecified atom stereocenters. The molecular weight excluding hydrogens is 645 g/mol. The van der Waals surface area contributed by atoms with Gasteiger partial charge in [-0.1, -0.05) is 95.2 Å². The maximum Gasteiger partial charge on any atom is 0.338 e. The van der Waals surface area contributed by atoms with E-state index in [4.69, 9.17) is 32.9 Å². The van der Waals surface area contributed by atoms with E-state index in [9.17, 15) is 9.59 Å². The lowest BCUT2D eigenvalue weighted by Crippen LogP contribution is -2.39. The molecule has 4 heterocycles. The van der Waals surface area contributed by atoms with Gasteiger partial charge in [0.1, 0.15) is 6.04 Å². The number of halogens is 2. The van der Waals surface area contributed by atoms with Crippen molar-refractivity contribution in [1.82, 2.24) is 9.13 Å². The number of rotatable bonds is 7. The van der Waals surface area contributed by atoms with Crippen molar-refractivity contribution in [2.24, 2.45) is 4.99 Å². The van der Waals surface area contributed by atoms with Crippen LogP contribution in [0.2, 0.25) is 10.0 Å². The molecule has 7 rings (SSSR count). The first kappa shape index (κ1) is 29.5. The Labute approximate surface area is 276 Å². The van der Waals surface area contributed by atoms with Gasteiger partial charge in [-0.3, -0.25) is 9.36 Å². The van der Waals surface area contributed by atoms with Gasteiger partial charge in [0.05, 0.1) is 32.5 Å². The smallest absolute Gasteiger partial charge is 0.338 e. The van der Waals surface area contributed by atoms with Crippen molar-refractivity contribution in [2.45, 2.75) is 19.5 Å². The zero-order chi connectivity index (χ0) is 31.1. The molecule has 0 amide bonds. The van der Waals surface area contributed by atoms with Gasteiger partial charge in [-0.05, 0) is 48.2 Å². The van der Waals surface area contributed by atoms with Crippen molar-refractivity contribution in [3.05, 3.63) is 153 Å². The maximum absolute atomic E-state index is 14.3. The monoisotopic (exact) mass is 669 g/mol. The Morgan fingerprint density at radius 2 is 1.80 bits per heavy atom. The van der Waals surface area contributed by atoms with Crippen molar-refractivity contribution in [1.29, 1.82) is 0 Å². The van der Waals surface area contributed by atoms with Crippen LogP contribution in [-0.2, 0) is 16.1 Å². The lowest BCUT2D eigenvalue weighted by Gasteiger charge is -2.24. The molecular formula is C35H25Cl2N3O3S2. The molecule has 3 aromatic heterocycles. The highest BCUT2D eigenvalue weighted by Crippen LogP contribution is 2.37. The summed E-state index contributed by atoms with van der Waals surface area (Å²) in [6.45, 7) is 2.56. The Kier molecular flexibility index (Phi) is 8.06. The number of esters is 1. The number of hydrogen-bond donors (Lipinski definition) is 0. The minimum atomic E-state index is -0.673. The molecule has 0 spiro atoms. The lowest BCUT2D eigenvalue weighted by molar-refractivity contribution is -0.138. The van der Waals surface area contributed by atoms with Crippen LogP contribution in [0.3, 0.4) is 0 Å². The minimum absolute atomic E-state index is 0.207. The van der Waals surface area contributed by atoms with Gasteiger partial charge in [-0.2, -0.15) is 0 Å². The first-order chi connectivity index (χ1) is 21.9. The highest BCUT2D eigenvalue weighted by molar-refractivity contribution is 7.10. The number of hydrogen-bond acceptors (Lipinski definition) is 6. The van der Waals surface area contributed by atoms with Crippen LogP contribution >= 0.6 is 45.9 Å². The Balaban J connectivity index is 1.42. The molecule has 0 bridgehead atoms. The summed E-state index contributed by atoms with van der Waals surface area (Å²) in [6, 6.07) is 26.5. The number of thiazole rings is 1. The van der Waals surface area contributed by atoms with Crippen LogP contribution in [0.5, 0.6) is 0 Å². The first-order valence-corrected chi connectivity index (χ1v) is 16.7. The van der Waals surface area contributed by atoms with Gasteiger partial charge < -0.3 is 9.30 Å². The highest BCUT2D eigenvalue weighted by Gasteiger charge is 2.35. The van der Waals surface area contributed by atoms with Crippen LogP contribution in [-0.4, -0.2) is 21.7 Å². The van der Waals surface area contributed by atoms with Crippen LogP contribution in [0.1, 0.15) is 34.5 Å². The third-order valence-electron chi connectivity index (χ3n) is 7.63. The normalized spacial score (nSPS) is 14.9. The second kappa shape index (κ2) is 12.3. The fourth-order valence-electron chi connectivity index (χ4n) is 5.65. The minimum Gasteiger partial charge on any atom is -0.463 e. The Hall–Kier alpha value is -4.21. The topological polar surface area (TPSA) is 65.6 Å². The fourth-order valence-corrected chi connectivity index (χ4v) is 7.79. The Bertz CT molecular complexity index is 2280. The molecule has 10 heteroatoms. The zero-order valence-corrected chi connectivity index (χ0v) is 27.1. The van der Waals surface area contributed by atoms with E-state index in [1.165, 1.54) is 22.7 Å². The van der Waals surface area contributed by atoms with Gasteiger partial charge in [0, 0.05) is 39.6 Å². The summed E-state index contributed by atoms with van der Waals surface area (Å²) < 4.78 is 9.83. The molecule has 3 aromatic carbocycles. The van der Waals surface area contributed by atoms with Crippen LogP contribution in [0.15, 0.2) is 112 Å². The van der Waals surface area contributed by atoms with Crippen molar-refractivity contribution in [2.75, 3.05) is 6.61 Å².